The Morgan fingerprint density at radius 3 is 2.67 bits per heavy atom. The second-order valence-corrected chi connectivity index (χ2v) is 6.47. The standard InChI is InChI=1S/C19H21N3O2/c1-11(2)13-4-3-12-5-7-16(15(12)9-13)22-19(24)14-6-8-17(18(20)23)21-10-14/h3-4,6,8-11,16H,5,7H2,1-2H3,(H2,20,23)(H,22,24). The van der Waals surface area contributed by atoms with E-state index >= 15 is 0 Å². The molecule has 1 aliphatic carbocycles. The Bertz CT molecular complexity index is 782. The summed E-state index contributed by atoms with van der Waals surface area (Å²) in [6, 6.07) is 9.59. The summed E-state index contributed by atoms with van der Waals surface area (Å²) in [5.74, 6) is -0.336. The molecule has 0 aliphatic heterocycles. The third-order valence-electron chi connectivity index (χ3n) is 4.50. The number of primary amides is 1. The molecule has 1 aliphatic rings. The number of fused-ring (bicyclic) bond motifs is 1. The molecule has 2 amide bonds. The summed E-state index contributed by atoms with van der Waals surface area (Å²) in [4.78, 5) is 27.4. The van der Waals surface area contributed by atoms with Crippen molar-refractivity contribution in [3.8, 4) is 0 Å². The number of rotatable bonds is 4. The lowest BCUT2D eigenvalue weighted by Crippen LogP contribution is -2.27. The van der Waals surface area contributed by atoms with E-state index in [1.165, 1.54) is 29.0 Å². The van der Waals surface area contributed by atoms with Crippen LogP contribution in [0.4, 0.5) is 0 Å². The van der Waals surface area contributed by atoms with Crippen LogP contribution >= 0.6 is 0 Å². The third-order valence-corrected chi connectivity index (χ3v) is 4.50. The summed E-state index contributed by atoms with van der Waals surface area (Å²) in [7, 11) is 0. The number of carbonyl (C=O) groups is 2. The highest BCUT2D eigenvalue weighted by molar-refractivity contribution is 5.96. The predicted octanol–water partition coefficient (Wildman–Crippen LogP) is 2.72. The smallest absolute Gasteiger partial charge is 0.267 e. The van der Waals surface area contributed by atoms with E-state index in [2.05, 4.69) is 42.3 Å². The van der Waals surface area contributed by atoms with Gasteiger partial charge in [-0.3, -0.25) is 14.6 Å². The Morgan fingerprint density at radius 2 is 2.04 bits per heavy atom. The molecule has 0 bridgehead atoms. The molecule has 124 valence electrons. The maximum atomic E-state index is 12.4. The van der Waals surface area contributed by atoms with E-state index in [1.807, 2.05) is 0 Å². The molecule has 0 fully saturated rings. The highest BCUT2D eigenvalue weighted by Gasteiger charge is 2.25. The van der Waals surface area contributed by atoms with Gasteiger partial charge in [0.2, 0.25) is 0 Å². The van der Waals surface area contributed by atoms with Gasteiger partial charge in [0, 0.05) is 6.20 Å². The molecule has 1 aromatic heterocycles. The second kappa shape index (κ2) is 6.43. The van der Waals surface area contributed by atoms with Crippen molar-refractivity contribution in [1.29, 1.82) is 0 Å². The molecule has 1 atom stereocenters. The first-order chi connectivity index (χ1) is 11.5. The van der Waals surface area contributed by atoms with E-state index in [0.29, 0.717) is 11.5 Å². The first-order valence-electron chi connectivity index (χ1n) is 8.15. The number of nitrogens with one attached hydrogen (secondary N) is 1. The van der Waals surface area contributed by atoms with Crippen molar-refractivity contribution in [2.24, 2.45) is 5.73 Å². The molecule has 1 heterocycles. The maximum absolute atomic E-state index is 12.4. The minimum Gasteiger partial charge on any atom is -0.364 e. The van der Waals surface area contributed by atoms with Gasteiger partial charge in [-0.15, -0.1) is 0 Å². The number of aryl methyl sites for hydroxylation is 1. The first-order valence-corrected chi connectivity index (χ1v) is 8.15. The van der Waals surface area contributed by atoms with Gasteiger partial charge < -0.3 is 11.1 Å². The van der Waals surface area contributed by atoms with Crippen molar-refractivity contribution >= 4 is 11.8 Å². The molecular formula is C19H21N3O2. The SMILES string of the molecule is CC(C)c1ccc2c(c1)C(NC(=O)c1ccc(C(N)=O)nc1)CC2. The lowest BCUT2D eigenvalue weighted by Gasteiger charge is -2.16. The molecule has 2 aromatic rings. The van der Waals surface area contributed by atoms with E-state index in [1.54, 1.807) is 6.07 Å². The average Bonchev–Trinajstić information content (AvgIpc) is 2.97. The molecule has 3 N–H and O–H groups in total. The molecule has 0 saturated heterocycles. The van der Waals surface area contributed by atoms with Crippen LogP contribution in [0.1, 0.15) is 69.8 Å². The molecule has 5 nitrogen and oxygen atoms in total. The van der Waals surface area contributed by atoms with Gasteiger partial charge >= 0.3 is 0 Å². The molecule has 3 rings (SSSR count). The highest BCUT2D eigenvalue weighted by atomic mass is 16.2. The maximum Gasteiger partial charge on any atom is 0.267 e. The molecule has 0 saturated carbocycles. The Hall–Kier alpha value is -2.69. The monoisotopic (exact) mass is 323 g/mol. The number of carbonyl (C=O) groups excluding carboxylic acids is 2. The van der Waals surface area contributed by atoms with Crippen LogP contribution in [0.15, 0.2) is 36.5 Å². The van der Waals surface area contributed by atoms with Crippen molar-refractivity contribution in [2.45, 2.75) is 38.6 Å². The van der Waals surface area contributed by atoms with Crippen LogP contribution < -0.4 is 11.1 Å². The minimum atomic E-state index is -0.604. The molecule has 1 unspecified atom stereocenters. The first kappa shape index (κ1) is 16.2. The molecule has 5 heteroatoms. The van der Waals surface area contributed by atoms with E-state index in [9.17, 15) is 9.59 Å². The van der Waals surface area contributed by atoms with Crippen LogP contribution in [-0.2, 0) is 6.42 Å². The summed E-state index contributed by atoms with van der Waals surface area (Å²) in [6.45, 7) is 4.33. The zero-order chi connectivity index (χ0) is 17.3. The van der Waals surface area contributed by atoms with Gasteiger partial charge in [-0.05, 0) is 47.6 Å². The second-order valence-electron chi connectivity index (χ2n) is 6.47. The van der Waals surface area contributed by atoms with Crippen LogP contribution in [0.5, 0.6) is 0 Å². The minimum absolute atomic E-state index is 0.0158. The number of nitrogens with zero attached hydrogens (tertiary/aromatic N) is 1. The van der Waals surface area contributed by atoms with Gasteiger partial charge in [0.15, 0.2) is 0 Å². The number of aromatic nitrogens is 1. The zero-order valence-corrected chi connectivity index (χ0v) is 13.9. The number of hydrogen-bond donors (Lipinski definition) is 2. The highest BCUT2D eigenvalue weighted by Crippen LogP contribution is 2.33. The van der Waals surface area contributed by atoms with Crippen LogP contribution in [-0.4, -0.2) is 16.8 Å². The van der Waals surface area contributed by atoms with E-state index in [0.717, 1.165) is 12.8 Å². The van der Waals surface area contributed by atoms with Crippen LogP contribution in [0.2, 0.25) is 0 Å². The van der Waals surface area contributed by atoms with Crippen molar-refractivity contribution in [3.63, 3.8) is 0 Å². The number of pyridine rings is 1. The zero-order valence-electron chi connectivity index (χ0n) is 13.9. The summed E-state index contributed by atoms with van der Waals surface area (Å²) in [5.41, 5.74) is 9.52. The summed E-state index contributed by atoms with van der Waals surface area (Å²) >= 11 is 0. The molecule has 0 radical (unpaired) electrons. The van der Waals surface area contributed by atoms with Crippen molar-refractivity contribution in [1.82, 2.24) is 10.3 Å². The molecular weight excluding hydrogens is 302 g/mol. The van der Waals surface area contributed by atoms with Crippen LogP contribution in [0, 0.1) is 0 Å². The number of benzene rings is 1. The quantitative estimate of drug-likeness (QED) is 0.907. The van der Waals surface area contributed by atoms with Gasteiger partial charge in [0.05, 0.1) is 11.6 Å². The topological polar surface area (TPSA) is 85.1 Å². The molecule has 0 spiro atoms. The van der Waals surface area contributed by atoms with Crippen LogP contribution in [0.3, 0.4) is 0 Å². The van der Waals surface area contributed by atoms with E-state index in [4.69, 9.17) is 5.73 Å². The predicted molar refractivity (Wildman–Crippen MR) is 91.8 cm³/mol. The fourth-order valence-corrected chi connectivity index (χ4v) is 3.05. The van der Waals surface area contributed by atoms with Gasteiger partial charge in [0.25, 0.3) is 11.8 Å². The van der Waals surface area contributed by atoms with Crippen molar-refractivity contribution in [3.05, 3.63) is 64.5 Å². The summed E-state index contributed by atoms with van der Waals surface area (Å²) in [6.07, 6.45) is 3.25. The normalized spacial score (nSPS) is 16.0. The van der Waals surface area contributed by atoms with Crippen molar-refractivity contribution in [2.75, 3.05) is 0 Å². The average molecular weight is 323 g/mol. The number of amides is 2. The molecule has 24 heavy (non-hydrogen) atoms. The van der Waals surface area contributed by atoms with E-state index in [-0.39, 0.29) is 17.6 Å². The van der Waals surface area contributed by atoms with Crippen LogP contribution in [0.25, 0.3) is 0 Å². The Labute approximate surface area is 141 Å². The van der Waals surface area contributed by atoms with Gasteiger partial charge in [-0.2, -0.15) is 0 Å². The van der Waals surface area contributed by atoms with Gasteiger partial charge in [0.1, 0.15) is 5.69 Å². The van der Waals surface area contributed by atoms with E-state index < -0.39 is 5.91 Å². The Balaban J connectivity index is 1.77. The van der Waals surface area contributed by atoms with Gasteiger partial charge in [-0.25, -0.2) is 0 Å². The summed E-state index contributed by atoms with van der Waals surface area (Å²) in [5, 5.41) is 3.07. The van der Waals surface area contributed by atoms with Gasteiger partial charge in [-0.1, -0.05) is 32.0 Å². The number of nitrogens with two attached hydrogens (primary N) is 1. The molecule has 1 aromatic carbocycles. The lowest BCUT2D eigenvalue weighted by atomic mass is 9.97. The van der Waals surface area contributed by atoms with Crippen molar-refractivity contribution < 1.29 is 9.59 Å². The fourth-order valence-electron chi connectivity index (χ4n) is 3.05. The Kier molecular flexibility index (Phi) is 4.34. The Morgan fingerprint density at radius 1 is 1.25 bits per heavy atom. The third kappa shape index (κ3) is 3.15. The largest absolute Gasteiger partial charge is 0.364 e. The number of hydrogen-bond acceptors (Lipinski definition) is 3. The fraction of sp³-hybridized carbons (Fsp3) is 0.316. The lowest BCUT2D eigenvalue weighted by molar-refractivity contribution is 0.0933. The summed E-state index contributed by atoms with van der Waals surface area (Å²) < 4.78 is 0.